The molecule has 0 bridgehead atoms. The van der Waals surface area contributed by atoms with Gasteiger partial charge in [-0.3, -0.25) is 0 Å². The first-order valence-electron chi connectivity index (χ1n) is 8.36. The van der Waals surface area contributed by atoms with E-state index in [0.717, 1.165) is 12.1 Å². The first kappa shape index (κ1) is 15.3. The molecule has 0 radical (unpaired) electrons. The Labute approximate surface area is 118 Å². The molecule has 0 aromatic rings. The number of aliphatic hydroxyl groups excluding tert-OH is 1. The summed E-state index contributed by atoms with van der Waals surface area (Å²) in [5.74, 6) is 0.541. The second-order valence-electron chi connectivity index (χ2n) is 6.57. The first-order chi connectivity index (χ1) is 9.20. The predicted octanol–water partition coefficient (Wildman–Crippen LogP) is 2.39. The van der Waals surface area contributed by atoms with Crippen molar-refractivity contribution in [1.29, 1.82) is 0 Å². The van der Waals surface area contributed by atoms with E-state index in [-0.39, 0.29) is 6.10 Å². The van der Waals surface area contributed by atoms with E-state index in [2.05, 4.69) is 17.1 Å². The van der Waals surface area contributed by atoms with Crippen LogP contribution in [-0.2, 0) is 0 Å². The summed E-state index contributed by atoms with van der Waals surface area (Å²) in [7, 11) is 0. The van der Waals surface area contributed by atoms with E-state index in [1.54, 1.807) is 0 Å². The molecule has 1 heterocycles. The lowest BCUT2D eigenvalue weighted by molar-refractivity contribution is 0.0451. The molecule has 3 nitrogen and oxygen atoms in total. The highest BCUT2D eigenvalue weighted by Gasteiger charge is 2.29. The van der Waals surface area contributed by atoms with Gasteiger partial charge in [-0.1, -0.05) is 6.92 Å². The molecular weight excluding hydrogens is 236 g/mol. The Balaban J connectivity index is 1.68. The van der Waals surface area contributed by atoms with Gasteiger partial charge in [0.1, 0.15) is 0 Å². The topological polar surface area (TPSA) is 35.5 Å². The molecule has 2 aliphatic rings. The second-order valence-corrected chi connectivity index (χ2v) is 6.57. The Bertz CT molecular complexity index is 241. The molecule has 112 valence electrons. The summed E-state index contributed by atoms with van der Waals surface area (Å²) in [6.45, 7) is 7.77. The molecule has 2 N–H and O–H groups in total. The van der Waals surface area contributed by atoms with Crippen molar-refractivity contribution in [2.24, 2.45) is 5.92 Å². The van der Waals surface area contributed by atoms with E-state index in [9.17, 15) is 5.11 Å². The van der Waals surface area contributed by atoms with E-state index in [0.29, 0.717) is 5.92 Å². The number of likely N-dealkylation sites (tertiary alicyclic amines) is 1. The fourth-order valence-electron chi connectivity index (χ4n) is 3.76. The monoisotopic (exact) mass is 268 g/mol. The van der Waals surface area contributed by atoms with Gasteiger partial charge in [0.05, 0.1) is 6.10 Å². The number of hydrogen-bond acceptors (Lipinski definition) is 3. The van der Waals surface area contributed by atoms with Gasteiger partial charge in [-0.25, -0.2) is 0 Å². The van der Waals surface area contributed by atoms with E-state index in [1.807, 2.05) is 6.92 Å². The number of nitrogens with one attached hydrogen (secondary N) is 1. The summed E-state index contributed by atoms with van der Waals surface area (Å²) < 4.78 is 0. The third kappa shape index (κ3) is 4.44. The maximum atomic E-state index is 9.66. The maximum absolute atomic E-state index is 9.66. The van der Waals surface area contributed by atoms with Gasteiger partial charge in [-0.2, -0.15) is 0 Å². The van der Waals surface area contributed by atoms with E-state index in [4.69, 9.17) is 0 Å². The van der Waals surface area contributed by atoms with E-state index >= 15 is 0 Å². The van der Waals surface area contributed by atoms with Gasteiger partial charge in [0.25, 0.3) is 0 Å². The average molecular weight is 268 g/mol. The van der Waals surface area contributed by atoms with Crippen molar-refractivity contribution >= 4 is 0 Å². The lowest BCUT2D eigenvalue weighted by Gasteiger charge is -2.41. The highest BCUT2D eigenvalue weighted by atomic mass is 16.3. The molecule has 1 saturated heterocycles. The van der Waals surface area contributed by atoms with Crippen LogP contribution in [0.15, 0.2) is 0 Å². The molecule has 0 amide bonds. The van der Waals surface area contributed by atoms with Crippen molar-refractivity contribution in [3.63, 3.8) is 0 Å². The van der Waals surface area contributed by atoms with Crippen LogP contribution in [0.2, 0.25) is 0 Å². The number of rotatable bonds is 5. The van der Waals surface area contributed by atoms with Crippen LogP contribution in [0.5, 0.6) is 0 Å². The quantitative estimate of drug-likeness (QED) is 0.803. The van der Waals surface area contributed by atoms with Gasteiger partial charge in [-0.05, 0) is 77.4 Å². The summed E-state index contributed by atoms with van der Waals surface area (Å²) >= 11 is 0. The van der Waals surface area contributed by atoms with Crippen LogP contribution < -0.4 is 5.32 Å². The van der Waals surface area contributed by atoms with Crippen LogP contribution in [0.3, 0.4) is 0 Å². The molecule has 2 rings (SSSR count). The van der Waals surface area contributed by atoms with Crippen LogP contribution in [0.25, 0.3) is 0 Å². The summed E-state index contributed by atoms with van der Waals surface area (Å²) in [5.41, 5.74) is 0. The zero-order valence-electron chi connectivity index (χ0n) is 12.8. The summed E-state index contributed by atoms with van der Waals surface area (Å²) in [6.07, 6.45) is 8.92. The van der Waals surface area contributed by atoms with Gasteiger partial charge in [0.15, 0.2) is 0 Å². The van der Waals surface area contributed by atoms with Crippen LogP contribution in [-0.4, -0.2) is 47.8 Å². The van der Waals surface area contributed by atoms with E-state index < -0.39 is 0 Å². The van der Waals surface area contributed by atoms with Crippen molar-refractivity contribution in [3.8, 4) is 0 Å². The Hall–Kier alpha value is -0.120. The molecule has 3 heteroatoms. The van der Waals surface area contributed by atoms with Crippen molar-refractivity contribution in [1.82, 2.24) is 10.2 Å². The minimum absolute atomic E-state index is 0.115. The van der Waals surface area contributed by atoms with Crippen molar-refractivity contribution in [2.75, 3.05) is 19.6 Å². The third-order valence-corrected chi connectivity index (χ3v) is 5.15. The molecule has 0 spiro atoms. The minimum Gasteiger partial charge on any atom is -0.393 e. The Morgan fingerprint density at radius 1 is 1.11 bits per heavy atom. The van der Waals surface area contributed by atoms with Crippen LogP contribution in [0.4, 0.5) is 0 Å². The molecule has 1 atom stereocenters. The van der Waals surface area contributed by atoms with Crippen molar-refractivity contribution in [2.45, 2.75) is 77.0 Å². The molecule has 0 aromatic heterocycles. The standard InChI is InChI=1S/C16H32N2O/c1-3-10-17-15-4-6-16(7-5-15)18-11-8-14(9-12-18)13(2)19/h13-17,19H,3-12H2,1-2H3. The molecule has 2 fully saturated rings. The van der Waals surface area contributed by atoms with Crippen LogP contribution in [0.1, 0.15) is 58.8 Å². The Morgan fingerprint density at radius 2 is 1.74 bits per heavy atom. The normalized spacial score (nSPS) is 32.4. The molecular formula is C16H32N2O. The Kier molecular flexibility index (Phi) is 6.11. The SMILES string of the molecule is CCCNC1CCC(N2CCC(C(C)O)CC2)CC1. The number of aliphatic hydroxyl groups is 1. The molecule has 19 heavy (non-hydrogen) atoms. The highest BCUT2D eigenvalue weighted by molar-refractivity contribution is 4.86. The van der Waals surface area contributed by atoms with Crippen LogP contribution in [0, 0.1) is 5.92 Å². The molecule has 1 unspecified atom stereocenters. The lowest BCUT2D eigenvalue weighted by Crippen LogP contribution is -2.46. The maximum Gasteiger partial charge on any atom is 0.0541 e. The Morgan fingerprint density at radius 3 is 2.26 bits per heavy atom. The summed E-state index contributed by atoms with van der Waals surface area (Å²) in [4.78, 5) is 2.69. The minimum atomic E-state index is -0.115. The fourth-order valence-corrected chi connectivity index (χ4v) is 3.76. The molecule has 1 saturated carbocycles. The van der Waals surface area contributed by atoms with Gasteiger partial charge in [0.2, 0.25) is 0 Å². The van der Waals surface area contributed by atoms with Crippen LogP contribution >= 0.6 is 0 Å². The molecule has 0 aromatic carbocycles. The first-order valence-corrected chi connectivity index (χ1v) is 8.36. The van der Waals surface area contributed by atoms with Gasteiger partial charge in [0, 0.05) is 12.1 Å². The number of nitrogens with zero attached hydrogens (tertiary/aromatic N) is 1. The zero-order chi connectivity index (χ0) is 13.7. The fraction of sp³-hybridized carbons (Fsp3) is 1.00. The second kappa shape index (κ2) is 7.61. The third-order valence-electron chi connectivity index (χ3n) is 5.15. The highest BCUT2D eigenvalue weighted by Crippen LogP contribution is 2.28. The van der Waals surface area contributed by atoms with Gasteiger partial charge < -0.3 is 15.3 Å². The average Bonchev–Trinajstić information content (AvgIpc) is 2.46. The van der Waals surface area contributed by atoms with Gasteiger partial charge >= 0.3 is 0 Å². The number of piperidine rings is 1. The van der Waals surface area contributed by atoms with Gasteiger partial charge in [-0.15, -0.1) is 0 Å². The molecule has 1 aliphatic carbocycles. The van der Waals surface area contributed by atoms with Crippen molar-refractivity contribution in [3.05, 3.63) is 0 Å². The lowest BCUT2D eigenvalue weighted by atomic mass is 9.86. The largest absolute Gasteiger partial charge is 0.393 e. The van der Waals surface area contributed by atoms with E-state index in [1.165, 1.54) is 64.6 Å². The van der Waals surface area contributed by atoms with Crippen molar-refractivity contribution < 1.29 is 5.11 Å². The predicted molar refractivity (Wildman–Crippen MR) is 80.3 cm³/mol. The summed E-state index contributed by atoms with van der Waals surface area (Å²) in [5, 5.41) is 13.3. The summed E-state index contributed by atoms with van der Waals surface area (Å²) in [6, 6.07) is 1.58. The number of hydrogen-bond donors (Lipinski definition) is 2. The smallest absolute Gasteiger partial charge is 0.0541 e. The zero-order valence-corrected chi connectivity index (χ0v) is 12.8. The molecule has 1 aliphatic heterocycles.